The SMILES string of the molecule is COc1ccc(C[C@H](NC(=O)[C@@H](C)NC(=O)CC(C)(C)O)C(=O)N[C@@H](Cc2ccccc2)C(=O)[C@]2(C)CO2)cc1. The molecule has 0 aliphatic carbocycles. The lowest BCUT2D eigenvalue weighted by molar-refractivity contribution is -0.134. The second-order valence-corrected chi connectivity index (χ2v) is 11.0. The standard InChI is InChI=1S/C30H39N3O7/c1-19(31-25(34)17-29(2,3)38)27(36)33-24(16-21-11-13-22(39-5)14-12-21)28(37)32-23(26(35)30(4)18-40-30)15-20-9-7-6-8-10-20/h6-14,19,23-24,38H,15-18H2,1-5H3,(H,31,34)(H,32,37)(H,33,36)/t19-,23+,24+,30+/m1/s1. The monoisotopic (exact) mass is 553 g/mol. The van der Waals surface area contributed by atoms with Crippen LogP contribution in [0.15, 0.2) is 54.6 Å². The maximum Gasteiger partial charge on any atom is 0.243 e. The summed E-state index contributed by atoms with van der Waals surface area (Å²) in [5, 5.41) is 18.0. The lowest BCUT2D eigenvalue weighted by atomic mass is 9.94. The van der Waals surface area contributed by atoms with Gasteiger partial charge < -0.3 is 30.5 Å². The molecule has 4 N–H and O–H groups in total. The fourth-order valence-electron chi connectivity index (χ4n) is 4.20. The van der Waals surface area contributed by atoms with Gasteiger partial charge in [0.1, 0.15) is 23.4 Å². The van der Waals surface area contributed by atoms with E-state index in [1.165, 1.54) is 20.8 Å². The van der Waals surface area contributed by atoms with E-state index >= 15 is 0 Å². The van der Waals surface area contributed by atoms with E-state index in [1.54, 1.807) is 38.3 Å². The number of ketones is 1. The fourth-order valence-corrected chi connectivity index (χ4v) is 4.20. The molecule has 0 aromatic heterocycles. The molecule has 1 fully saturated rings. The van der Waals surface area contributed by atoms with Crippen molar-refractivity contribution in [3.05, 3.63) is 65.7 Å². The van der Waals surface area contributed by atoms with Crippen LogP contribution < -0.4 is 20.7 Å². The first-order chi connectivity index (χ1) is 18.8. The highest BCUT2D eigenvalue weighted by Crippen LogP contribution is 2.29. The fraction of sp³-hybridized carbons (Fsp3) is 0.467. The molecule has 0 spiro atoms. The van der Waals surface area contributed by atoms with E-state index in [1.807, 2.05) is 30.3 Å². The van der Waals surface area contributed by atoms with Gasteiger partial charge in [0, 0.05) is 6.42 Å². The number of methoxy groups -OCH3 is 1. The first-order valence-corrected chi connectivity index (χ1v) is 13.3. The number of carbonyl (C=O) groups is 4. The molecule has 1 aliphatic heterocycles. The zero-order valence-corrected chi connectivity index (χ0v) is 23.7. The first-order valence-electron chi connectivity index (χ1n) is 13.3. The van der Waals surface area contributed by atoms with Gasteiger partial charge in [0.25, 0.3) is 0 Å². The Bertz CT molecular complexity index is 1190. The molecule has 40 heavy (non-hydrogen) atoms. The number of Topliss-reactive ketones (excluding diaryl/α,β-unsaturated/α-hetero) is 1. The number of nitrogens with one attached hydrogen (secondary N) is 3. The Kier molecular flexibility index (Phi) is 10.1. The predicted molar refractivity (Wildman–Crippen MR) is 149 cm³/mol. The average molecular weight is 554 g/mol. The van der Waals surface area contributed by atoms with Crippen LogP contribution in [0.3, 0.4) is 0 Å². The number of benzene rings is 2. The normalized spacial score (nSPS) is 18.6. The number of rotatable bonds is 14. The van der Waals surface area contributed by atoms with Gasteiger partial charge in [-0.15, -0.1) is 0 Å². The molecule has 0 unspecified atom stereocenters. The summed E-state index contributed by atoms with van der Waals surface area (Å²) in [7, 11) is 1.55. The van der Waals surface area contributed by atoms with E-state index in [0.29, 0.717) is 5.75 Å². The minimum absolute atomic E-state index is 0.131. The van der Waals surface area contributed by atoms with Crippen molar-refractivity contribution in [3.8, 4) is 5.75 Å². The number of ether oxygens (including phenoxy) is 2. The topological polar surface area (TPSA) is 146 Å². The molecule has 0 radical (unpaired) electrons. The van der Waals surface area contributed by atoms with Crippen molar-refractivity contribution in [3.63, 3.8) is 0 Å². The van der Waals surface area contributed by atoms with Crippen LogP contribution in [0.2, 0.25) is 0 Å². The van der Waals surface area contributed by atoms with Gasteiger partial charge in [-0.3, -0.25) is 19.2 Å². The Morgan fingerprint density at radius 2 is 1.48 bits per heavy atom. The summed E-state index contributed by atoms with van der Waals surface area (Å²) >= 11 is 0. The third kappa shape index (κ3) is 9.17. The third-order valence-electron chi connectivity index (χ3n) is 6.61. The van der Waals surface area contributed by atoms with E-state index in [4.69, 9.17) is 9.47 Å². The van der Waals surface area contributed by atoms with Crippen LogP contribution in [0, 0.1) is 0 Å². The molecule has 10 nitrogen and oxygen atoms in total. The molecule has 1 heterocycles. The van der Waals surface area contributed by atoms with Crippen LogP contribution in [0.25, 0.3) is 0 Å². The number of carbonyl (C=O) groups excluding carboxylic acids is 4. The van der Waals surface area contributed by atoms with Gasteiger partial charge in [-0.05, 0) is 57.4 Å². The van der Waals surface area contributed by atoms with Gasteiger partial charge in [0.2, 0.25) is 17.7 Å². The van der Waals surface area contributed by atoms with Gasteiger partial charge in [-0.2, -0.15) is 0 Å². The number of hydrogen-bond donors (Lipinski definition) is 4. The van der Waals surface area contributed by atoms with E-state index in [9.17, 15) is 24.3 Å². The Hall–Kier alpha value is -3.76. The highest BCUT2D eigenvalue weighted by Gasteiger charge is 2.50. The molecule has 4 atom stereocenters. The van der Waals surface area contributed by atoms with Crippen LogP contribution in [-0.2, 0) is 36.8 Å². The summed E-state index contributed by atoms with van der Waals surface area (Å²) in [6, 6.07) is 13.5. The number of hydrogen-bond acceptors (Lipinski definition) is 7. The van der Waals surface area contributed by atoms with Crippen molar-refractivity contribution in [2.75, 3.05) is 13.7 Å². The van der Waals surface area contributed by atoms with E-state index < -0.39 is 47.0 Å². The van der Waals surface area contributed by atoms with Crippen molar-refractivity contribution in [2.24, 2.45) is 0 Å². The zero-order valence-electron chi connectivity index (χ0n) is 23.7. The van der Waals surface area contributed by atoms with Crippen molar-refractivity contribution in [1.29, 1.82) is 0 Å². The summed E-state index contributed by atoms with van der Waals surface area (Å²) in [5.41, 5.74) is -0.576. The van der Waals surface area contributed by atoms with Crippen molar-refractivity contribution in [2.45, 2.75) is 76.3 Å². The Labute approximate surface area is 234 Å². The molecule has 3 amide bonds. The largest absolute Gasteiger partial charge is 0.497 e. The molecule has 216 valence electrons. The molecule has 1 saturated heterocycles. The van der Waals surface area contributed by atoms with Gasteiger partial charge >= 0.3 is 0 Å². The van der Waals surface area contributed by atoms with E-state index in [0.717, 1.165) is 11.1 Å². The molecule has 0 saturated carbocycles. The number of amides is 3. The average Bonchev–Trinajstić information content (AvgIpc) is 3.65. The zero-order chi connectivity index (χ0) is 29.5. The second-order valence-electron chi connectivity index (χ2n) is 11.0. The molecular formula is C30H39N3O7. The number of aliphatic hydroxyl groups is 1. The van der Waals surface area contributed by atoms with Crippen LogP contribution in [0.4, 0.5) is 0 Å². The lowest BCUT2D eigenvalue weighted by Gasteiger charge is -2.25. The molecular weight excluding hydrogens is 514 g/mol. The summed E-state index contributed by atoms with van der Waals surface area (Å²) < 4.78 is 10.6. The minimum Gasteiger partial charge on any atom is -0.497 e. The van der Waals surface area contributed by atoms with Gasteiger partial charge in [-0.1, -0.05) is 42.5 Å². The van der Waals surface area contributed by atoms with Crippen molar-refractivity contribution in [1.82, 2.24) is 16.0 Å². The smallest absolute Gasteiger partial charge is 0.243 e. The maximum absolute atomic E-state index is 13.6. The molecule has 10 heteroatoms. The molecule has 1 aliphatic rings. The van der Waals surface area contributed by atoms with Gasteiger partial charge in [0.05, 0.1) is 31.8 Å². The molecule has 3 rings (SSSR count). The van der Waals surface area contributed by atoms with Crippen LogP contribution in [0.1, 0.15) is 45.2 Å². The van der Waals surface area contributed by atoms with Crippen molar-refractivity contribution >= 4 is 23.5 Å². The summed E-state index contributed by atoms with van der Waals surface area (Å²) in [6.45, 7) is 6.45. The Balaban J connectivity index is 1.79. The van der Waals surface area contributed by atoms with Crippen LogP contribution in [0.5, 0.6) is 5.75 Å². The quantitative estimate of drug-likeness (QED) is 0.259. The molecule has 0 bridgehead atoms. The molecule has 2 aromatic rings. The van der Waals surface area contributed by atoms with Crippen LogP contribution >= 0.6 is 0 Å². The number of epoxide rings is 1. The summed E-state index contributed by atoms with van der Waals surface area (Å²) in [4.78, 5) is 52.2. The predicted octanol–water partition coefficient (Wildman–Crippen LogP) is 1.47. The molecule has 2 aromatic carbocycles. The minimum atomic E-state index is -1.24. The van der Waals surface area contributed by atoms with Gasteiger partial charge in [-0.25, -0.2) is 0 Å². The Morgan fingerprint density at radius 3 is 2.02 bits per heavy atom. The van der Waals surface area contributed by atoms with Gasteiger partial charge in [0.15, 0.2) is 5.78 Å². The summed E-state index contributed by atoms with van der Waals surface area (Å²) in [5.74, 6) is -1.23. The maximum atomic E-state index is 13.6. The van der Waals surface area contributed by atoms with E-state index in [2.05, 4.69) is 16.0 Å². The highest BCUT2D eigenvalue weighted by atomic mass is 16.6. The third-order valence-corrected chi connectivity index (χ3v) is 6.61. The van der Waals surface area contributed by atoms with Crippen LogP contribution in [-0.4, -0.2) is 71.7 Å². The van der Waals surface area contributed by atoms with Crippen molar-refractivity contribution < 1.29 is 33.8 Å². The highest BCUT2D eigenvalue weighted by molar-refractivity contribution is 5.98. The summed E-state index contributed by atoms with van der Waals surface area (Å²) in [6.07, 6.45) is 0.202. The lowest BCUT2D eigenvalue weighted by Crippen LogP contribution is -2.57. The first kappa shape index (κ1) is 30.8. The second kappa shape index (κ2) is 13.1. The van der Waals surface area contributed by atoms with E-state index in [-0.39, 0.29) is 31.7 Å². The Morgan fingerprint density at radius 1 is 0.925 bits per heavy atom.